The van der Waals surface area contributed by atoms with Gasteiger partial charge in [-0.05, 0) is 17.2 Å². The molecule has 2 aromatic carbocycles. The summed E-state index contributed by atoms with van der Waals surface area (Å²) in [6.07, 6.45) is 2.70. The number of aryl methyl sites for hydroxylation is 1. The number of nitrogens with zero attached hydrogens (tertiary/aromatic N) is 1. The van der Waals surface area contributed by atoms with Crippen LogP contribution in [0, 0.1) is 0 Å². The summed E-state index contributed by atoms with van der Waals surface area (Å²) in [7, 11) is 0. The van der Waals surface area contributed by atoms with Crippen molar-refractivity contribution in [3.63, 3.8) is 0 Å². The molecule has 1 aromatic heterocycles. The van der Waals surface area contributed by atoms with Crippen molar-refractivity contribution in [3.8, 4) is 11.3 Å². The van der Waals surface area contributed by atoms with E-state index >= 15 is 0 Å². The van der Waals surface area contributed by atoms with Gasteiger partial charge >= 0.3 is 0 Å². The quantitative estimate of drug-likeness (QED) is 0.724. The van der Waals surface area contributed by atoms with Crippen molar-refractivity contribution >= 4 is 17.1 Å². The van der Waals surface area contributed by atoms with Gasteiger partial charge in [0.1, 0.15) is 11.5 Å². The van der Waals surface area contributed by atoms with Crippen LogP contribution in [-0.2, 0) is 6.42 Å². The van der Waals surface area contributed by atoms with Gasteiger partial charge in [0.25, 0.3) is 0 Å². The second kappa shape index (κ2) is 5.29. The number of fused-ring (bicyclic) bond motifs is 1. The van der Waals surface area contributed by atoms with Gasteiger partial charge in [0.2, 0.25) is 0 Å². The molecule has 3 rings (SSSR count). The van der Waals surface area contributed by atoms with E-state index in [2.05, 4.69) is 35.1 Å². The van der Waals surface area contributed by atoms with Crippen LogP contribution in [0.15, 0.2) is 42.5 Å². The number of rotatable bonds is 4. The molecule has 0 radical (unpaired) electrons. The van der Waals surface area contributed by atoms with Gasteiger partial charge in [0.05, 0.1) is 5.69 Å². The molecular weight excluding hydrogens is 248 g/mol. The van der Waals surface area contributed by atoms with Crippen LogP contribution in [-0.4, -0.2) is 16.3 Å². The molecule has 1 N–H and O–H groups in total. The normalized spacial score (nSPS) is 10.8. The molecule has 0 aliphatic heterocycles. The van der Waals surface area contributed by atoms with Crippen LogP contribution in [0.3, 0.4) is 0 Å². The first-order chi connectivity index (χ1) is 9.83. The molecule has 1 heterocycles. The van der Waals surface area contributed by atoms with Crippen molar-refractivity contribution in [2.24, 2.45) is 0 Å². The van der Waals surface area contributed by atoms with Gasteiger partial charge in [-0.25, -0.2) is 4.98 Å². The van der Waals surface area contributed by atoms with Gasteiger partial charge in [-0.15, -0.1) is 0 Å². The van der Waals surface area contributed by atoms with E-state index in [0.29, 0.717) is 5.69 Å². The van der Waals surface area contributed by atoms with Crippen molar-refractivity contribution in [2.45, 2.75) is 19.8 Å². The fourth-order valence-electron chi connectivity index (χ4n) is 2.52. The van der Waals surface area contributed by atoms with E-state index in [9.17, 15) is 4.79 Å². The molecule has 0 saturated carbocycles. The molecule has 0 spiro atoms. The summed E-state index contributed by atoms with van der Waals surface area (Å²) in [5, 5.41) is 2.27. The van der Waals surface area contributed by atoms with E-state index in [1.807, 2.05) is 24.3 Å². The Bertz CT molecular complexity index is 753. The number of aldehydes is 1. The van der Waals surface area contributed by atoms with Gasteiger partial charge in [0.15, 0.2) is 6.29 Å². The maximum Gasteiger partial charge on any atom is 0.168 e. The highest BCUT2D eigenvalue weighted by Crippen LogP contribution is 2.29. The highest BCUT2D eigenvalue weighted by atomic mass is 16.1. The number of nitrogens with one attached hydrogen (secondary N) is 1. The molecule has 3 nitrogen and oxygen atoms in total. The van der Waals surface area contributed by atoms with Crippen LogP contribution in [0.2, 0.25) is 0 Å². The third-order valence-corrected chi connectivity index (χ3v) is 3.43. The number of benzene rings is 2. The fraction of sp³-hybridized carbons (Fsp3) is 0.176. The Hall–Kier alpha value is -2.42. The third kappa shape index (κ3) is 2.11. The molecule has 0 aliphatic carbocycles. The lowest BCUT2D eigenvalue weighted by atomic mass is 10.0. The van der Waals surface area contributed by atoms with E-state index < -0.39 is 0 Å². The van der Waals surface area contributed by atoms with Gasteiger partial charge < -0.3 is 4.98 Å². The van der Waals surface area contributed by atoms with E-state index in [1.54, 1.807) is 0 Å². The smallest absolute Gasteiger partial charge is 0.168 e. The Labute approximate surface area is 117 Å². The molecule has 0 fully saturated rings. The molecule has 0 bridgehead atoms. The fourth-order valence-corrected chi connectivity index (χ4v) is 2.52. The number of hydrogen-bond donors (Lipinski definition) is 1. The van der Waals surface area contributed by atoms with Gasteiger partial charge in [-0.2, -0.15) is 0 Å². The predicted octanol–water partition coefficient (Wildman–Crippen LogP) is 3.99. The summed E-state index contributed by atoms with van der Waals surface area (Å²) in [5.74, 6) is 0.873. The lowest BCUT2D eigenvalue weighted by molar-refractivity contribution is 0.112. The van der Waals surface area contributed by atoms with E-state index in [-0.39, 0.29) is 0 Å². The van der Waals surface area contributed by atoms with Crippen LogP contribution >= 0.6 is 0 Å². The van der Waals surface area contributed by atoms with Crippen molar-refractivity contribution in [3.05, 3.63) is 54.0 Å². The molecule has 3 heteroatoms. The van der Waals surface area contributed by atoms with Crippen molar-refractivity contribution in [1.29, 1.82) is 0 Å². The summed E-state index contributed by atoms with van der Waals surface area (Å²) >= 11 is 0. The predicted molar refractivity (Wildman–Crippen MR) is 80.9 cm³/mol. The van der Waals surface area contributed by atoms with Crippen molar-refractivity contribution < 1.29 is 4.79 Å². The average molecular weight is 264 g/mol. The lowest BCUT2D eigenvalue weighted by Crippen LogP contribution is -1.87. The Morgan fingerprint density at radius 1 is 1.15 bits per heavy atom. The second-order valence-electron chi connectivity index (χ2n) is 4.84. The standard InChI is InChI=1S/C17H16N2O/c1-2-6-16-18-15(11-20)17(19-16)14-10-5-8-12-7-3-4-9-13(12)14/h3-5,7-11H,2,6H2,1H3,(H,18,19). The molecule has 0 aliphatic rings. The monoisotopic (exact) mass is 264 g/mol. The van der Waals surface area contributed by atoms with E-state index in [1.165, 1.54) is 0 Å². The summed E-state index contributed by atoms with van der Waals surface area (Å²) in [6, 6.07) is 14.2. The first kappa shape index (κ1) is 12.6. The largest absolute Gasteiger partial charge is 0.339 e. The van der Waals surface area contributed by atoms with Gasteiger partial charge in [-0.1, -0.05) is 49.4 Å². The number of aromatic amines is 1. The third-order valence-electron chi connectivity index (χ3n) is 3.43. The van der Waals surface area contributed by atoms with Crippen LogP contribution in [0.5, 0.6) is 0 Å². The molecule has 3 aromatic rings. The maximum atomic E-state index is 11.3. The van der Waals surface area contributed by atoms with Gasteiger partial charge in [0, 0.05) is 12.0 Å². The number of carbonyl (C=O) groups is 1. The zero-order chi connectivity index (χ0) is 13.9. The van der Waals surface area contributed by atoms with Crippen LogP contribution in [0.1, 0.15) is 29.7 Å². The van der Waals surface area contributed by atoms with Crippen LogP contribution in [0.4, 0.5) is 0 Å². The molecule has 0 atom stereocenters. The highest BCUT2D eigenvalue weighted by molar-refractivity contribution is 5.99. The molecule has 20 heavy (non-hydrogen) atoms. The van der Waals surface area contributed by atoms with E-state index in [0.717, 1.165) is 47.0 Å². The maximum absolute atomic E-state index is 11.3. The highest BCUT2D eigenvalue weighted by Gasteiger charge is 2.13. The topological polar surface area (TPSA) is 45.8 Å². The number of carbonyl (C=O) groups excluding carboxylic acids is 1. The minimum atomic E-state index is 0.560. The van der Waals surface area contributed by atoms with Crippen molar-refractivity contribution in [1.82, 2.24) is 9.97 Å². The molecule has 0 saturated heterocycles. The number of hydrogen-bond acceptors (Lipinski definition) is 2. The Balaban J connectivity index is 2.22. The minimum Gasteiger partial charge on any atom is -0.339 e. The SMILES string of the molecule is CCCc1nc(-c2cccc3ccccc23)c(C=O)[nH]1. The minimum absolute atomic E-state index is 0.560. The Morgan fingerprint density at radius 2 is 1.95 bits per heavy atom. The summed E-state index contributed by atoms with van der Waals surface area (Å²) in [5.41, 5.74) is 2.31. The average Bonchev–Trinajstić information content (AvgIpc) is 2.90. The molecule has 0 amide bonds. The van der Waals surface area contributed by atoms with Gasteiger partial charge in [-0.3, -0.25) is 4.79 Å². The zero-order valence-corrected chi connectivity index (χ0v) is 11.4. The van der Waals surface area contributed by atoms with Crippen LogP contribution < -0.4 is 0 Å². The molecular formula is C17H16N2O. The number of aromatic nitrogens is 2. The first-order valence-corrected chi connectivity index (χ1v) is 6.85. The summed E-state index contributed by atoms with van der Waals surface area (Å²) in [6.45, 7) is 2.10. The first-order valence-electron chi connectivity index (χ1n) is 6.85. The number of H-pyrrole nitrogens is 1. The van der Waals surface area contributed by atoms with Crippen molar-refractivity contribution in [2.75, 3.05) is 0 Å². The zero-order valence-electron chi connectivity index (χ0n) is 11.4. The summed E-state index contributed by atoms with van der Waals surface area (Å²) in [4.78, 5) is 19.0. The molecule has 0 unspecified atom stereocenters. The van der Waals surface area contributed by atoms with Crippen LogP contribution in [0.25, 0.3) is 22.0 Å². The van der Waals surface area contributed by atoms with E-state index in [4.69, 9.17) is 0 Å². The summed E-state index contributed by atoms with van der Waals surface area (Å²) < 4.78 is 0. The Kier molecular flexibility index (Phi) is 3.33. The Morgan fingerprint density at radius 3 is 2.75 bits per heavy atom. The lowest BCUT2D eigenvalue weighted by Gasteiger charge is -2.04. The molecule has 100 valence electrons. The number of imidazole rings is 1. The second-order valence-corrected chi connectivity index (χ2v) is 4.84.